The van der Waals surface area contributed by atoms with E-state index in [1.54, 1.807) is 0 Å². The van der Waals surface area contributed by atoms with Crippen LogP contribution in [0.1, 0.15) is 32.6 Å². The topological polar surface area (TPSA) is 58.4 Å². The highest BCUT2D eigenvalue weighted by Crippen LogP contribution is 2.32. The number of para-hydroxylation sites is 1. The van der Waals surface area contributed by atoms with Crippen molar-refractivity contribution in [2.75, 3.05) is 24.5 Å². The van der Waals surface area contributed by atoms with Gasteiger partial charge in [0, 0.05) is 37.8 Å². The van der Waals surface area contributed by atoms with Gasteiger partial charge in [0.15, 0.2) is 0 Å². The van der Waals surface area contributed by atoms with E-state index in [1.165, 1.54) is 18.5 Å². The molecule has 0 spiro atoms. The molecule has 1 fully saturated rings. The van der Waals surface area contributed by atoms with E-state index in [-0.39, 0.29) is 11.9 Å². The molecule has 1 atom stereocenters. The van der Waals surface area contributed by atoms with E-state index in [4.69, 9.17) is 5.73 Å². The first-order valence-corrected chi connectivity index (χ1v) is 8.03. The molecule has 1 aliphatic carbocycles. The molecule has 0 radical (unpaired) electrons. The van der Waals surface area contributed by atoms with Crippen molar-refractivity contribution in [3.63, 3.8) is 0 Å². The minimum atomic E-state index is 0.0569. The molecule has 0 bridgehead atoms. The molecular weight excluding hydrogens is 262 g/mol. The minimum Gasteiger partial charge on any atom is -0.372 e. The number of carbonyl (C=O) groups excluding carboxylic acids is 1. The van der Waals surface area contributed by atoms with Gasteiger partial charge in [-0.1, -0.05) is 18.2 Å². The van der Waals surface area contributed by atoms with Gasteiger partial charge in [-0.25, -0.2) is 0 Å². The van der Waals surface area contributed by atoms with Crippen molar-refractivity contribution < 1.29 is 4.79 Å². The van der Waals surface area contributed by atoms with Gasteiger partial charge in [-0.2, -0.15) is 0 Å². The maximum absolute atomic E-state index is 11.8. The van der Waals surface area contributed by atoms with Gasteiger partial charge in [-0.3, -0.25) is 4.79 Å². The Labute approximate surface area is 127 Å². The molecule has 1 amide bonds. The fraction of sp³-hybridized carbons (Fsp3) is 0.588. The van der Waals surface area contributed by atoms with Crippen molar-refractivity contribution in [3.05, 3.63) is 30.3 Å². The first kappa shape index (κ1) is 15.8. The lowest BCUT2D eigenvalue weighted by Crippen LogP contribution is -2.34. The zero-order chi connectivity index (χ0) is 15.1. The van der Waals surface area contributed by atoms with Gasteiger partial charge in [-0.15, -0.1) is 0 Å². The van der Waals surface area contributed by atoms with E-state index in [2.05, 4.69) is 41.4 Å². The van der Waals surface area contributed by atoms with Gasteiger partial charge in [0.05, 0.1) is 0 Å². The third-order valence-corrected chi connectivity index (χ3v) is 4.08. The van der Waals surface area contributed by atoms with Gasteiger partial charge in [0.1, 0.15) is 0 Å². The number of hydrogen-bond donors (Lipinski definition) is 2. The second-order valence-corrected chi connectivity index (χ2v) is 5.82. The normalized spacial score (nSPS) is 15.5. The molecule has 0 aromatic heterocycles. The standard InChI is InChI=1S/C17H27N3O/c1-2-20(15-7-4-3-5-8-15)12-6-11-19-17(21)13-16(18)14-9-10-14/h3-5,7-8,14,16H,2,6,9-13,18H2,1H3,(H,19,21). The number of nitrogens with zero attached hydrogens (tertiary/aromatic N) is 1. The third kappa shape index (κ3) is 5.38. The number of carbonyl (C=O) groups is 1. The first-order chi connectivity index (χ1) is 10.2. The molecular formula is C17H27N3O. The van der Waals surface area contributed by atoms with Crippen molar-refractivity contribution in [2.24, 2.45) is 11.7 Å². The summed E-state index contributed by atoms with van der Waals surface area (Å²) in [6.07, 6.45) is 3.81. The number of amides is 1. The molecule has 4 heteroatoms. The summed E-state index contributed by atoms with van der Waals surface area (Å²) in [4.78, 5) is 14.1. The van der Waals surface area contributed by atoms with E-state index >= 15 is 0 Å². The average Bonchev–Trinajstić information content (AvgIpc) is 3.33. The number of anilines is 1. The minimum absolute atomic E-state index is 0.0569. The molecule has 1 aliphatic rings. The van der Waals surface area contributed by atoms with Gasteiger partial charge < -0.3 is 16.0 Å². The third-order valence-electron chi connectivity index (χ3n) is 4.08. The molecule has 4 nitrogen and oxygen atoms in total. The SMILES string of the molecule is CCN(CCCNC(=O)CC(N)C1CC1)c1ccccc1. The number of hydrogen-bond acceptors (Lipinski definition) is 3. The molecule has 1 aromatic rings. The summed E-state index contributed by atoms with van der Waals surface area (Å²) < 4.78 is 0. The van der Waals surface area contributed by atoms with E-state index in [0.29, 0.717) is 12.3 Å². The summed E-state index contributed by atoms with van der Waals surface area (Å²) in [7, 11) is 0. The summed E-state index contributed by atoms with van der Waals surface area (Å²) in [5, 5.41) is 2.98. The maximum atomic E-state index is 11.8. The quantitative estimate of drug-likeness (QED) is 0.685. The Morgan fingerprint density at radius 2 is 2.10 bits per heavy atom. The highest BCUT2D eigenvalue weighted by molar-refractivity contribution is 5.76. The Hall–Kier alpha value is -1.55. The van der Waals surface area contributed by atoms with Crippen LogP contribution in [0.3, 0.4) is 0 Å². The Kier molecular flexibility index (Phi) is 6.05. The van der Waals surface area contributed by atoms with Crippen molar-refractivity contribution in [3.8, 4) is 0 Å². The van der Waals surface area contributed by atoms with Crippen LogP contribution < -0.4 is 16.0 Å². The van der Waals surface area contributed by atoms with Crippen LogP contribution in [0.2, 0.25) is 0 Å². The largest absolute Gasteiger partial charge is 0.372 e. The molecule has 21 heavy (non-hydrogen) atoms. The van der Waals surface area contributed by atoms with Crippen molar-refractivity contribution in [1.82, 2.24) is 5.32 Å². The highest BCUT2D eigenvalue weighted by atomic mass is 16.1. The molecule has 2 rings (SSSR count). The number of benzene rings is 1. The van der Waals surface area contributed by atoms with Gasteiger partial charge in [0.25, 0.3) is 0 Å². The second kappa shape index (κ2) is 8.03. The molecule has 0 aliphatic heterocycles. The molecule has 3 N–H and O–H groups in total. The lowest BCUT2D eigenvalue weighted by atomic mass is 10.1. The zero-order valence-corrected chi connectivity index (χ0v) is 12.9. The van der Waals surface area contributed by atoms with Crippen LogP contribution in [0, 0.1) is 5.92 Å². The number of nitrogens with one attached hydrogen (secondary N) is 1. The van der Waals surface area contributed by atoms with Crippen LogP contribution in [0.25, 0.3) is 0 Å². The number of rotatable bonds is 9. The zero-order valence-electron chi connectivity index (χ0n) is 12.9. The van der Waals surface area contributed by atoms with Crippen LogP contribution in [0.4, 0.5) is 5.69 Å². The van der Waals surface area contributed by atoms with Crippen LogP contribution in [-0.4, -0.2) is 31.6 Å². The van der Waals surface area contributed by atoms with Gasteiger partial charge >= 0.3 is 0 Å². The summed E-state index contributed by atoms with van der Waals surface area (Å²) in [5.74, 6) is 0.682. The Balaban J connectivity index is 1.62. The van der Waals surface area contributed by atoms with E-state index < -0.39 is 0 Å². The summed E-state index contributed by atoms with van der Waals surface area (Å²) >= 11 is 0. The summed E-state index contributed by atoms with van der Waals surface area (Å²) in [5.41, 5.74) is 7.20. The molecule has 1 saturated carbocycles. The van der Waals surface area contributed by atoms with E-state index in [1.807, 2.05) is 6.07 Å². The predicted octanol–water partition coefficient (Wildman–Crippen LogP) is 2.15. The van der Waals surface area contributed by atoms with Crippen molar-refractivity contribution in [1.29, 1.82) is 0 Å². The fourth-order valence-electron chi connectivity index (χ4n) is 2.58. The molecule has 116 valence electrons. The molecule has 1 aromatic carbocycles. The number of nitrogens with two attached hydrogens (primary N) is 1. The molecule has 1 unspecified atom stereocenters. The predicted molar refractivity (Wildman–Crippen MR) is 87.3 cm³/mol. The lowest BCUT2D eigenvalue weighted by molar-refractivity contribution is -0.121. The fourth-order valence-corrected chi connectivity index (χ4v) is 2.58. The summed E-state index contributed by atoms with van der Waals surface area (Å²) in [6.45, 7) is 4.81. The van der Waals surface area contributed by atoms with E-state index in [9.17, 15) is 4.79 Å². The molecule has 0 saturated heterocycles. The highest BCUT2D eigenvalue weighted by Gasteiger charge is 2.29. The van der Waals surface area contributed by atoms with Crippen LogP contribution >= 0.6 is 0 Å². The van der Waals surface area contributed by atoms with Gasteiger partial charge in [-0.05, 0) is 44.2 Å². The van der Waals surface area contributed by atoms with Crippen molar-refractivity contribution in [2.45, 2.75) is 38.6 Å². The Bertz CT molecular complexity index is 431. The van der Waals surface area contributed by atoms with Crippen molar-refractivity contribution >= 4 is 11.6 Å². The van der Waals surface area contributed by atoms with Gasteiger partial charge in [0.2, 0.25) is 5.91 Å². The first-order valence-electron chi connectivity index (χ1n) is 8.03. The lowest BCUT2D eigenvalue weighted by Gasteiger charge is -2.23. The van der Waals surface area contributed by atoms with Crippen LogP contribution in [-0.2, 0) is 4.79 Å². The molecule has 0 heterocycles. The Morgan fingerprint density at radius 3 is 2.71 bits per heavy atom. The van der Waals surface area contributed by atoms with Crippen LogP contribution in [0.5, 0.6) is 0 Å². The second-order valence-electron chi connectivity index (χ2n) is 5.82. The summed E-state index contributed by atoms with van der Waals surface area (Å²) in [6, 6.07) is 10.4. The maximum Gasteiger partial charge on any atom is 0.221 e. The Morgan fingerprint density at radius 1 is 1.38 bits per heavy atom. The average molecular weight is 289 g/mol. The van der Waals surface area contributed by atoms with E-state index in [0.717, 1.165) is 26.1 Å². The monoisotopic (exact) mass is 289 g/mol. The smallest absolute Gasteiger partial charge is 0.221 e. The van der Waals surface area contributed by atoms with Crippen LogP contribution in [0.15, 0.2) is 30.3 Å².